The second-order valence-electron chi connectivity index (χ2n) is 4.89. The summed E-state index contributed by atoms with van der Waals surface area (Å²) < 4.78 is 5.34. The van der Waals surface area contributed by atoms with Crippen molar-refractivity contribution in [3.63, 3.8) is 0 Å². The second kappa shape index (κ2) is 12.7. The van der Waals surface area contributed by atoms with Gasteiger partial charge in [0.15, 0.2) is 0 Å². The van der Waals surface area contributed by atoms with E-state index in [1.54, 1.807) is 0 Å². The first kappa shape index (κ1) is 17.2. The Bertz CT molecular complexity index is 221. The van der Waals surface area contributed by atoms with Crippen molar-refractivity contribution in [2.45, 2.75) is 84.7 Å². The molecule has 0 aromatic carbocycles. The van der Waals surface area contributed by atoms with Crippen LogP contribution >= 0.6 is 0 Å². The van der Waals surface area contributed by atoms with Crippen molar-refractivity contribution in [2.75, 3.05) is 0 Å². The molecular weight excluding hydrogens is 224 g/mol. The molecular formula is C16H30O2. The molecule has 0 aromatic heterocycles. The zero-order chi connectivity index (χ0) is 13.6. The predicted molar refractivity (Wildman–Crippen MR) is 77.6 cm³/mol. The van der Waals surface area contributed by atoms with Crippen molar-refractivity contribution < 1.29 is 9.53 Å². The summed E-state index contributed by atoms with van der Waals surface area (Å²) in [6.07, 6.45) is 15.0. The van der Waals surface area contributed by atoms with E-state index in [1.807, 2.05) is 0 Å². The summed E-state index contributed by atoms with van der Waals surface area (Å²) >= 11 is 0. The van der Waals surface area contributed by atoms with Gasteiger partial charge in [-0.1, -0.05) is 45.3 Å². The van der Waals surface area contributed by atoms with Gasteiger partial charge in [-0.05, 0) is 38.5 Å². The van der Waals surface area contributed by atoms with Gasteiger partial charge >= 0.3 is 5.97 Å². The van der Waals surface area contributed by atoms with Gasteiger partial charge in [0.2, 0.25) is 0 Å². The Labute approximate surface area is 113 Å². The fourth-order valence-electron chi connectivity index (χ4n) is 2.02. The monoisotopic (exact) mass is 254 g/mol. The molecule has 106 valence electrons. The highest BCUT2D eigenvalue weighted by molar-refractivity contribution is 5.66. The zero-order valence-corrected chi connectivity index (χ0v) is 12.4. The summed E-state index contributed by atoms with van der Waals surface area (Å²) in [5.41, 5.74) is 0. The summed E-state index contributed by atoms with van der Waals surface area (Å²) in [5, 5.41) is 0. The topological polar surface area (TPSA) is 26.3 Å². The first-order valence-corrected chi connectivity index (χ1v) is 7.52. The van der Waals surface area contributed by atoms with E-state index in [0.717, 1.165) is 25.7 Å². The maximum absolute atomic E-state index is 11.0. The number of hydrogen-bond acceptors (Lipinski definition) is 2. The lowest BCUT2D eigenvalue weighted by Crippen LogP contribution is -2.16. The lowest BCUT2D eigenvalue weighted by Gasteiger charge is -2.16. The molecule has 2 nitrogen and oxygen atoms in total. The maximum atomic E-state index is 11.0. The standard InChI is InChI=1S/C16H30O2/c1-4-6-8-9-10-11-12-14-16(13-7-5-2)18-15(3)17/h6,8,16H,4-5,7,9-14H2,1-3H3/b8-6+. The van der Waals surface area contributed by atoms with Gasteiger partial charge in [0.1, 0.15) is 6.10 Å². The lowest BCUT2D eigenvalue weighted by molar-refractivity contribution is -0.147. The molecule has 0 N–H and O–H groups in total. The smallest absolute Gasteiger partial charge is 0.302 e. The maximum Gasteiger partial charge on any atom is 0.302 e. The van der Waals surface area contributed by atoms with E-state index in [9.17, 15) is 4.79 Å². The molecule has 0 saturated carbocycles. The molecule has 0 bridgehead atoms. The molecule has 1 unspecified atom stereocenters. The number of esters is 1. The molecule has 0 rings (SSSR count). The molecule has 0 heterocycles. The highest BCUT2D eigenvalue weighted by atomic mass is 16.5. The van der Waals surface area contributed by atoms with Crippen molar-refractivity contribution in [2.24, 2.45) is 0 Å². The number of carbonyl (C=O) groups excluding carboxylic acids is 1. The highest BCUT2D eigenvalue weighted by Gasteiger charge is 2.10. The fourth-order valence-corrected chi connectivity index (χ4v) is 2.02. The fraction of sp³-hybridized carbons (Fsp3) is 0.812. The average molecular weight is 254 g/mol. The van der Waals surface area contributed by atoms with Gasteiger partial charge in [-0.2, -0.15) is 0 Å². The predicted octanol–water partition coefficient (Wildman–Crippen LogP) is 5.03. The zero-order valence-electron chi connectivity index (χ0n) is 12.4. The number of unbranched alkanes of at least 4 members (excludes halogenated alkanes) is 4. The third-order valence-corrected chi connectivity index (χ3v) is 3.01. The van der Waals surface area contributed by atoms with Crippen LogP contribution in [0, 0.1) is 0 Å². The Morgan fingerprint density at radius 1 is 1.06 bits per heavy atom. The van der Waals surface area contributed by atoms with Gasteiger partial charge in [0.05, 0.1) is 0 Å². The number of rotatable bonds is 11. The van der Waals surface area contributed by atoms with Crippen LogP contribution in [0.4, 0.5) is 0 Å². The molecule has 0 aliphatic heterocycles. The summed E-state index contributed by atoms with van der Waals surface area (Å²) in [7, 11) is 0. The Kier molecular flexibility index (Phi) is 12.1. The minimum atomic E-state index is -0.137. The molecule has 0 fully saturated rings. The third-order valence-electron chi connectivity index (χ3n) is 3.01. The van der Waals surface area contributed by atoms with Crippen molar-refractivity contribution in [3.8, 4) is 0 Å². The largest absolute Gasteiger partial charge is 0.463 e. The summed E-state index contributed by atoms with van der Waals surface area (Å²) in [5.74, 6) is -0.137. The van der Waals surface area contributed by atoms with E-state index in [-0.39, 0.29) is 12.1 Å². The number of hydrogen-bond donors (Lipinski definition) is 0. The van der Waals surface area contributed by atoms with Crippen LogP contribution in [0.15, 0.2) is 12.2 Å². The van der Waals surface area contributed by atoms with Gasteiger partial charge in [0, 0.05) is 6.92 Å². The van der Waals surface area contributed by atoms with Crippen molar-refractivity contribution in [3.05, 3.63) is 12.2 Å². The Morgan fingerprint density at radius 3 is 2.39 bits per heavy atom. The normalized spacial score (nSPS) is 12.8. The van der Waals surface area contributed by atoms with Crippen LogP contribution in [0.1, 0.15) is 78.6 Å². The molecule has 0 radical (unpaired) electrons. The Morgan fingerprint density at radius 2 is 1.78 bits per heavy atom. The Balaban J connectivity index is 3.61. The molecule has 2 heteroatoms. The summed E-state index contributed by atoms with van der Waals surface area (Å²) in [4.78, 5) is 11.0. The molecule has 18 heavy (non-hydrogen) atoms. The van der Waals surface area contributed by atoms with Crippen molar-refractivity contribution >= 4 is 5.97 Å². The second-order valence-corrected chi connectivity index (χ2v) is 4.89. The van der Waals surface area contributed by atoms with Crippen molar-refractivity contribution in [1.29, 1.82) is 0 Å². The molecule has 0 amide bonds. The molecule has 0 aliphatic rings. The van der Waals surface area contributed by atoms with Gasteiger partial charge in [-0.15, -0.1) is 0 Å². The summed E-state index contributed by atoms with van der Waals surface area (Å²) in [6, 6.07) is 0. The minimum absolute atomic E-state index is 0.137. The van der Waals surface area contributed by atoms with Crippen LogP contribution in [0.5, 0.6) is 0 Å². The van der Waals surface area contributed by atoms with E-state index in [0.29, 0.717) is 0 Å². The SMILES string of the molecule is CC/C=C/CCCCCC(CCCC)OC(C)=O. The first-order valence-electron chi connectivity index (χ1n) is 7.52. The van der Waals surface area contributed by atoms with E-state index in [1.165, 1.54) is 39.0 Å². The third kappa shape index (κ3) is 11.7. The molecule has 0 saturated heterocycles. The number of ether oxygens (including phenoxy) is 1. The van der Waals surface area contributed by atoms with E-state index < -0.39 is 0 Å². The Hall–Kier alpha value is -0.790. The molecule has 0 aromatic rings. The quantitative estimate of drug-likeness (QED) is 0.294. The van der Waals surface area contributed by atoms with Gasteiger partial charge in [-0.3, -0.25) is 4.79 Å². The van der Waals surface area contributed by atoms with E-state index in [4.69, 9.17) is 4.74 Å². The molecule has 0 spiro atoms. The minimum Gasteiger partial charge on any atom is -0.463 e. The molecule has 1 atom stereocenters. The van der Waals surface area contributed by atoms with Crippen LogP contribution in [0.25, 0.3) is 0 Å². The van der Waals surface area contributed by atoms with Crippen molar-refractivity contribution in [1.82, 2.24) is 0 Å². The van der Waals surface area contributed by atoms with Crippen LogP contribution < -0.4 is 0 Å². The highest BCUT2D eigenvalue weighted by Crippen LogP contribution is 2.14. The lowest BCUT2D eigenvalue weighted by atomic mass is 10.0. The van der Waals surface area contributed by atoms with Crippen LogP contribution in [0.3, 0.4) is 0 Å². The number of carbonyl (C=O) groups is 1. The van der Waals surface area contributed by atoms with Gasteiger partial charge in [0.25, 0.3) is 0 Å². The summed E-state index contributed by atoms with van der Waals surface area (Å²) in [6.45, 7) is 5.84. The van der Waals surface area contributed by atoms with E-state index in [2.05, 4.69) is 26.0 Å². The van der Waals surface area contributed by atoms with Gasteiger partial charge in [-0.25, -0.2) is 0 Å². The average Bonchev–Trinajstić information content (AvgIpc) is 2.34. The van der Waals surface area contributed by atoms with Crippen LogP contribution in [0.2, 0.25) is 0 Å². The van der Waals surface area contributed by atoms with Crippen LogP contribution in [-0.4, -0.2) is 12.1 Å². The van der Waals surface area contributed by atoms with Gasteiger partial charge < -0.3 is 4.74 Å². The number of allylic oxidation sites excluding steroid dienone is 2. The molecule has 0 aliphatic carbocycles. The van der Waals surface area contributed by atoms with E-state index >= 15 is 0 Å². The van der Waals surface area contributed by atoms with Crippen LogP contribution in [-0.2, 0) is 9.53 Å². The first-order chi connectivity index (χ1) is 8.70.